The average molecular weight is 286 g/mol. The minimum Gasteiger partial charge on any atom is -0.344 e. The molecule has 20 heavy (non-hydrogen) atoms. The van der Waals surface area contributed by atoms with Crippen molar-refractivity contribution in [2.75, 3.05) is 13.7 Å². The molecule has 4 nitrogen and oxygen atoms in total. The highest BCUT2D eigenvalue weighted by Gasteiger charge is 2.30. The molecule has 1 N–H and O–H groups in total. The van der Waals surface area contributed by atoms with Crippen molar-refractivity contribution >= 4 is 12.1 Å². The van der Waals surface area contributed by atoms with E-state index in [1.54, 1.807) is 6.20 Å². The maximum atomic E-state index is 12.4. The first-order valence-electron chi connectivity index (χ1n) is 5.93. The zero-order chi connectivity index (χ0) is 15.2. The highest BCUT2D eigenvalue weighted by Crippen LogP contribution is 2.25. The number of likely N-dealkylation sites (N-methyl/N-ethyl adjacent to an activating group) is 1. The Labute approximate surface area is 116 Å². The first-order chi connectivity index (χ1) is 9.36. The Morgan fingerprint density at radius 1 is 1.60 bits per heavy atom. The summed E-state index contributed by atoms with van der Waals surface area (Å²) in [4.78, 5) is 9.87. The molecule has 0 aliphatic carbocycles. The normalized spacial score (nSPS) is 20.4. The first-order valence-corrected chi connectivity index (χ1v) is 5.93. The Hall–Kier alpha value is -1.89. The Morgan fingerprint density at radius 2 is 2.30 bits per heavy atom. The molecule has 110 valence electrons. The van der Waals surface area contributed by atoms with Crippen molar-refractivity contribution in [1.82, 2.24) is 10.2 Å². The fraction of sp³-hybridized carbons (Fsp3) is 0.385. The van der Waals surface area contributed by atoms with Crippen molar-refractivity contribution in [3.05, 3.63) is 36.6 Å². The van der Waals surface area contributed by atoms with Gasteiger partial charge in [0.05, 0.1) is 12.2 Å². The van der Waals surface area contributed by atoms with Gasteiger partial charge < -0.3 is 4.90 Å². The molecule has 0 aromatic carbocycles. The molecular formula is C13H17F3N4. The van der Waals surface area contributed by atoms with E-state index in [-0.39, 0.29) is 12.8 Å². The molecule has 0 bridgehead atoms. The van der Waals surface area contributed by atoms with E-state index in [2.05, 4.69) is 21.9 Å². The van der Waals surface area contributed by atoms with Crippen molar-refractivity contribution in [2.45, 2.75) is 19.3 Å². The smallest absolute Gasteiger partial charge is 0.344 e. The standard InChI is InChI=1S/C13H17F3N4/c1-4-11(13(14,15)16)5-7-17-9-19-12-6-8-18-10(2)20(12)3/h4-8,12,19H,1,9H2,2-3H3/b11-5+,17-7-. The van der Waals surface area contributed by atoms with Crippen LogP contribution in [0.3, 0.4) is 0 Å². The Morgan fingerprint density at radius 3 is 2.90 bits per heavy atom. The number of nitrogens with zero attached hydrogens (tertiary/aromatic N) is 3. The lowest BCUT2D eigenvalue weighted by Gasteiger charge is -2.29. The largest absolute Gasteiger partial charge is 0.416 e. The number of aliphatic imine (C=N–C) groups is 2. The van der Waals surface area contributed by atoms with Gasteiger partial charge in [-0.1, -0.05) is 12.7 Å². The molecule has 1 heterocycles. The second kappa shape index (κ2) is 7.04. The summed E-state index contributed by atoms with van der Waals surface area (Å²) in [6.45, 7) is 5.19. The number of alkyl halides is 3. The van der Waals surface area contributed by atoms with Crippen LogP contribution < -0.4 is 5.32 Å². The van der Waals surface area contributed by atoms with E-state index in [4.69, 9.17) is 0 Å². The van der Waals surface area contributed by atoms with E-state index in [0.29, 0.717) is 0 Å². The maximum absolute atomic E-state index is 12.4. The topological polar surface area (TPSA) is 40.0 Å². The second-order valence-corrected chi connectivity index (χ2v) is 4.09. The molecule has 0 fully saturated rings. The zero-order valence-electron chi connectivity index (χ0n) is 11.4. The lowest BCUT2D eigenvalue weighted by atomic mass is 10.2. The summed E-state index contributed by atoms with van der Waals surface area (Å²) in [6, 6.07) is 0. The molecule has 0 saturated heterocycles. The first kappa shape index (κ1) is 16.2. The van der Waals surface area contributed by atoms with Crippen molar-refractivity contribution in [1.29, 1.82) is 0 Å². The number of nitrogens with one attached hydrogen (secondary N) is 1. The monoisotopic (exact) mass is 286 g/mol. The highest BCUT2D eigenvalue weighted by atomic mass is 19.4. The molecule has 1 aliphatic heterocycles. The second-order valence-electron chi connectivity index (χ2n) is 4.09. The molecule has 7 heteroatoms. The van der Waals surface area contributed by atoms with Gasteiger partial charge in [0.2, 0.25) is 0 Å². The van der Waals surface area contributed by atoms with Gasteiger partial charge in [-0.25, -0.2) is 4.99 Å². The molecule has 0 radical (unpaired) electrons. The Bertz CT molecular complexity index is 461. The van der Waals surface area contributed by atoms with E-state index in [0.717, 1.165) is 24.2 Å². The molecule has 1 atom stereocenters. The molecule has 0 saturated carbocycles. The summed E-state index contributed by atoms with van der Waals surface area (Å²) in [7, 11) is 1.86. The van der Waals surface area contributed by atoms with Crippen molar-refractivity contribution in [2.24, 2.45) is 9.98 Å². The van der Waals surface area contributed by atoms with Crippen LogP contribution in [0.4, 0.5) is 13.2 Å². The predicted octanol–water partition coefficient (Wildman–Crippen LogP) is 2.48. The Balaban J connectivity index is 2.47. The number of halogens is 3. The van der Waals surface area contributed by atoms with Gasteiger partial charge in [0.15, 0.2) is 0 Å². The molecular weight excluding hydrogens is 269 g/mol. The van der Waals surface area contributed by atoms with E-state index < -0.39 is 11.7 Å². The van der Waals surface area contributed by atoms with Crippen LogP contribution >= 0.6 is 0 Å². The summed E-state index contributed by atoms with van der Waals surface area (Å²) in [5.74, 6) is 0.847. The van der Waals surface area contributed by atoms with Crippen molar-refractivity contribution < 1.29 is 13.2 Å². The third-order valence-electron chi connectivity index (χ3n) is 2.76. The van der Waals surface area contributed by atoms with Gasteiger partial charge >= 0.3 is 6.18 Å². The Kier molecular flexibility index (Phi) is 5.69. The third-order valence-corrected chi connectivity index (χ3v) is 2.76. The minimum absolute atomic E-state index is 0.0740. The van der Waals surface area contributed by atoms with Gasteiger partial charge in [-0.15, -0.1) is 0 Å². The molecule has 1 unspecified atom stereocenters. The van der Waals surface area contributed by atoms with E-state index in [1.165, 1.54) is 0 Å². The average Bonchev–Trinajstić information content (AvgIpc) is 2.37. The van der Waals surface area contributed by atoms with Gasteiger partial charge in [0.1, 0.15) is 12.0 Å². The van der Waals surface area contributed by atoms with Crippen LogP contribution in [0.15, 0.2) is 46.6 Å². The number of allylic oxidation sites excluding steroid dienone is 3. The maximum Gasteiger partial charge on any atom is 0.416 e. The van der Waals surface area contributed by atoms with Gasteiger partial charge in [-0.2, -0.15) is 13.2 Å². The van der Waals surface area contributed by atoms with Crippen LogP contribution in [0.2, 0.25) is 0 Å². The molecule has 1 aliphatic rings. The minimum atomic E-state index is -4.40. The summed E-state index contributed by atoms with van der Waals surface area (Å²) in [5, 5.41) is 3.06. The fourth-order valence-corrected chi connectivity index (χ4v) is 1.47. The quantitative estimate of drug-likeness (QED) is 0.623. The van der Waals surface area contributed by atoms with Crippen LogP contribution in [-0.4, -0.2) is 43.0 Å². The van der Waals surface area contributed by atoms with Crippen LogP contribution in [0.5, 0.6) is 0 Å². The van der Waals surface area contributed by atoms with Crippen molar-refractivity contribution in [3.8, 4) is 0 Å². The fourth-order valence-electron chi connectivity index (χ4n) is 1.47. The summed E-state index contributed by atoms with van der Waals surface area (Å²) in [5.41, 5.74) is -0.820. The van der Waals surface area contributed by atoms with Gasteiger partial charge in [-0.05, 0) is 19.1 Å². The lowest BCUT2D eigenvalue weighted by Crippen LogP contribution is -2.45. The number of rotatable bonds is 5. The van der Waals surface area contributed by atoms with Gasteiger partial charge in [-0.3, -0.25) is 10.3 Å². The third kappa shape index (κ3) is 4.65. The van der Waals surface area contributed by atoms with E-state index in [1.807, 2.05) is 24.9 Å². The van der Waals surface area contributed by atoms with Gasteiger partial charge in [0, 0.05) is 19.5 Å². The lowest BCUT2D eigenvalue weighted by molar-refractivity contribution is -0.0880. The summed E-state index contributed by atoms with van der Waals surface area (Å²) < 4.78 is 37.1. The van der Waals surface area contributed by atoms with Crippen LogP contribution in [0, 0.1) is 0 Å². The van der Waals surface area contributed by atoms with Crippen molar-refractivity contribution in [3.63, 3.8) is 0 Å². The molecule has 0 aromatic heterocycles. The summed E-state index contributed by atoms with van der Waals surface area (Å²) >= 11 is 0. The van der Waals surface area contributed by atoms with Crippen LogP contribution in [-0.2, 0) is 0 Å². The van der Waals surface area contributed by atoms with Gasteiger partial charge in [0.25, 0.3) is 0 Å². The number of amidine groups is 1. The van der Waals surface area contributed by atoms with E-state index in [9.17, 15) is 13.2 Å². The highest BCUT2D eigenvalue weighted by molar-refractivity contribution is 5.81. The molecule has 0 spiro atoms. The van der Waals surface area contributed by atoms with Crippen LogP contribution in [0.25, 0.3) is 0 Å². The predicted molar refractivity (Wildman–Crippen MR) is 74.6 cm³/mol. The SMILES string of the molecule is C=C/C(=C\C=N/CNC1C=CN=C(C)N1C)C(F)(F)F. The molecule has 0 amide bonds. The summed E-state index contributed by atoms with van der Waals surface area (Å²) in [6.07, 6.45) is 1.81. The zero-order valence-corrected chi connectivity index (χ0v) is 11.4. The molecule has 0 aromatic rings. The number of hydrogen-bond donors (Lipinski definition) is 1. The van der Waals surface area contributed by atoms with Crippen LogP contribution in [0.1, 0.15) is 6.92 Å². The van der Waals surface area contributed by atoms with E-state index >= 15 is 0 Å². The molecule has 1 rings (SSSR count). The number of hydrogen-bond acceptors (Lipinski definition) is 4.